The summed E-state index contributed by atoms with van der Waals surface area (Å²) >= 11 is 0. The number of sulfonamides is 1. The van der Waals surface area contributed by atoms with E-state index < -0.39 is 10.0 Å². The molecule has 1 amide bonds. The van der Waals surface area contributed by atoms with Crippen LogP contribution in [0.15, 0.2) is 29.2 Å². The third-order valence-electron chi connectivity index (χ3n) is 4.99. The average molecular weight is 437 g/mol. The Morgan fingerprint density at radius 1 is 1.13 bits per heavy atom. The van der Waals surface area contributed by atoms with E-state index in [1.807, 2.05) is 0 Å². The molecule has 1 aliphatic heterocycles. The maximum atomic E-state index is 13.2. The van der Waals surface area contributed by atoms with Crippen LogP contribution in [0.5, 0.6) is 11.5 Å². The van der Waals surface area contributed by atoms with E-state index in [2.05, 4.69) is 24.0 Å². The monoisotopic (exact) mass is 436 g/mol. The number of carbonyl (C=O) groups is 1. The number of H-pyrrole nitrogens is 1. The topological polar surface area (TPSA) is 105 Å². The van der Waals surface area contributed by atoms with Crippen LogP contribution in [0.25, 0.3) is 0 Å². The Balaban J connectivity index is 1.70. The van der Waals surface area contributed by atoms with Crippen molar-refractivity contribution < 1.29 is 22.7 Å². The smallest absolute Gasteiger partial charge is 0.274 e. The van der Waals surface area contributed by atoms with Crippen molar-refractivity contribution in [2.45, 2.75) is 25.2 Å². The van der Waals surface area contributed by atoms with Crippen molar-refractivity contribution in [2.75, 3.05) is 40.4 Å². The fourth-order valence-electron chi connectivity index (χ4n) is 3.43. The highest BCUT2D eigenvalue weighted by Crippen LogP contribution is 2.31. The first kappa shape index (κ1) is 22.1. The van der Waals surface area contributed by atoms with Crippen molar-refractivity contribution in [2.24, 2.45) is 5.92 Å². The summed E-state index contributed by atoms with van der Waals surface area (Å²) < 4.78 is 38.1. The first-order chi connectivity index (χ1) is 14.3. The lowest BCUT2D eigenvalue weighted by Crippen LogP contribution is -2.50. The number of nitrogens with zero attached hydrogens (tertiary/aromatic N) is 3. The Morgan fingerprint density at radius 3 is 2.43 bits per heavy atom. The van der Waals surface area contributed by atoms with Gasteiger partial charge in [-0.05, 0) is 30.5 Å². The minimum absolute atomic E-state index is 0.0507. The van der Waals surface area contributed by atoms with Gasteiger partial charge in [-0.1, -0.05) is 13.8 Å². The van der Waals surface area contributed by atoms with Crippen LogP contribution in [0.2, 0.25) is 0 Å². The standard InChI is InChI=1S/C20H28N4O5S/c1-14(2)11-15-12-17(22-21-15)20(25)23-7-9-24(10-8-23)30(26,27)19-13-16(28-3)5-6-18(19)29-4/h5-6,12-14H,7-11H2,1-4H3,(H,21,22). The molecule has 0 radical (unpaired) electrons. The lowest BCUT2D eigenvalue weighted by Gasteiger charge is -2.33. The highest BCUT2D eigenvalue weighted by atomic mass is 32.2. The van der Waals surface area contributed by atoms with Gasteiger partial charge in [0.25, 0.3) is 5.91 Å². The second-order valence-electron chi connectivity index (χ2n) is 7.59. The second-order valence-corrected chi connectivity index (χ2v) is 9.50. The summed E-state index contributed by atoms with van der Waals surface area (Å²) in [5, 5.41) is 7.03. The third-order valence-corrected chi connectivity index (χ3v) is 6.91. The molecular formula is C20H28N4O5S. The van der Waals surface area contributed by atoms with E-state index in [1.54, 1.807) is 23.1 Å². The molecule has 0 bridgehead atoms. The zero-order chi connectivity index (χ0) is 21.9. The van der Waals surface area contributed by atoms with E-state index in [1.165, 1.54) is 24.6 Å². The number of carbonyl (C=O) groups excluding carboxylic acids is 1. The summed E-state index contributed by atoms with van der Waals surface area (Å²) in [5.74, 6) is 0.940. The van der Waals surface area contributed by atoms with Crippen LogP contribution in [0, 0.1) is 5.92 Å². The molecule has 0 spiro atoms. The molecule has 1 saturated heterocycles. The lowest BCUT2D eigenvalue weighted by atomic mass is 10.1. The molecule has 2 heterocycles. The minimum atomic E-state index is -3.79. The van der Waals surface area contributed by atoms with Crippen LogP contribution in [0.4, 0.5) is 0 Å². The molecule has 10 heteroatoms. The number of amides is 1. The van der Waals surface area contributed by atoms with Crippen molar-refractivity contribution in [1.29, 1.82) is 0 Å². The predicted molar refractivity (Wildman–Crippen MR) is 111 cm³/mol. The third kappa shape index (κ3) is 4.59. The number of methoxy groups -OCH3 is 2. The second kappa shape index (κ2) is 9.05. The fourth-order valence-corrected chi connectivity index (χ4v) is 5.03. The maximum absolute atomic E-state index is 13.2. The van der Waals surface area contributed by atoms with Gasteiger partial charge in [0.05, 0.1) is 14.2 Å². The number of aromatic nitrogens is 2. The van der Waals surface area contributed by atoms with E-state index in [4.69, 9.17) is 9.47 Å². The molecule has 2 aromatic rings. The van der Waals surface area contributed by atoms with Gasteiger partial charge in [-0.25, -0.2) is 8.42 Å². The van der Waals surface area contributed by atoms with E-state index in [9.17, 15) is 13.2 Å². The van der Waals surface area contributed by atoms with Crippen molar-refractivity contribution in [1.82, 2.24) is 19.4 Å². The highest BCUT2D eigenvalue weighted by Gasteiger charge is 2.33. The van der Waals surface area contributed by atoms with Gasteiger partial charge in [-0.15, -0.1) is 0 Å². The van der Waals surface area contributed by atoms with Crippen LogP contribution in [-0.4, -0.2) is 74.1 Å². The number of ether oxygens (including phenoxy) is 2. The molecule has 9 nitrogen and oxygen atoms in total. The number of aromatic amines is 1. The van der Waals surface area contributed by atoms with Crippen LogP contribution in [0.1, 0.15) is 30.0 Å². The first-order valence-corrected chi connectivity index (χ1v) is 11.3. The summed E-state index contributed by atoms with van der Waals surface area (Å²) in [6.45, 7) is 5.15. The predicted octanol–water partition coefficient (Wildman–Crippen LogP) is 1.77. The summed E-state index contributed by atoms with van der Waals surface area (Å²) in [6, 6.07) is 6.43. The molecule has 1 aromatic carbocycles. The molecule has 164 valence electrons. The minimum Gasteiger partial charge on any atom is -0.497 e. The Hall–Kier alpha value is -2.59. The zero-order valence-electron chi connectivity index (χ0n) is 17.7. The van der Waals surface area contributed by atoms with Gasteiger partial charge in [0.2, 0.25) is 10.0 Å². The van der Waals surface area contributed by atoms with Crippen molar-refractivity contribution in [3.8, 4) is 11.5 Å². The number of hydrogen-bond acceptors (Lipinski definition) is 6. The van der Waals surface area contributed by atoms with E-state index in [-0.39, 0.29) is 42.7 Å². The number of hydrogen-bond donors (Lipinski definition) is 1. The molecule has 1 N–H and O–H groups in total. The van der Waals surface area contributed by atoms with Crippen LogP contribution in [-0.2, 0) is 16.4 Å². The molecule has 1 fully saturated rings. The quantitative estimate of drug-likeness (QED) is 0.709. The van der Waals surface area contributed by atoms with Crippen LogP contribution >= 0.6 is 0 Å². The number of rotatable bonds is 7. The largest absolute Gasteiger partial charge is 0.497 e. The molecule has 1 aromatic heterocycles. The average Bonchev–Trinajstić information content (AvgIpc) is 3.20. The molecule has 30 heavy (non-hydrogen) atoms. The number of piperazine rings is 1. The number of nitrogens with one attached hydrogen (secondary N) is 1. The number of benzene rings is 1. The van der Waals surface area contributed by atoms with Crippen molar-refractivity contribution in [3.05, 3.63) is 35.7 Å². The van der Waals surface area contributed by atoms with Gasteiger partial charge in [0.1, 0.15) is 22.1 Å². The van der Waals surface area contributed by atoms with Gasteiger partial charge in [0, 0.05) is 37.9 Å². The van der Waals surface area contributed by atoms with E-state index in [0.29, 0.717) is 17.4 Å². The summed E-state index contributed by atoms with van der Waals surface area (Å²) in [6.07, 6.45) is 0.814. The molecule has 0 aliphatic carbocycles. The van der Waals surface area contributed by atoms with Crippen LogP contribution in [0.3, 0.4) is 0 Å². The van der Waals surface area contributed by atoms with Gasteiger partial charge >= 0.3 is 0 Å². The molecule has 3 rings (SSSR count). The molecule has 0 unspecified atom stereocenters. The molecular weight excluding hydrogens is 408 g/mol. The Kier molecular flexibility index (Phi) is 6.67. The maximum Gasteiger partial charge on any atom is 0.274 e. The Bertz CT molecular complexity index is 994. The fraction of sp³-hybridized carbons (Fsp3) is 0.500. The summed E-state index contributed by atoms with van der Waals surface area (Å²) in [7, 11) is -0.890. The van der Waals surface area contributed by atoms with Gasteiger partial charge in [-0.3, -0.25) is 9.89 Å². The molecule has 0 atom stereocenters. The zero-order valence-corrected chi connectivity index (χ0v) is 18.5. The van der Waals surface area contributed by atoms with Gasteiger partial charge < -0.3 is 14.4 Å². The molecule has 1 aliphatic rings. The highest BCUT2D eigenvalue weighted by molar-refractivity contribution is 7.89. The first-order valence-electron chi connectivity index (χ1n) is 9.82. The van der Waals surface area contributed by atoms with E-state index >= 15 is 0 Å². The van der Waals surface area contributed by atoms with Gasteiger partial charge in [0.15, 0.2) is 0 Å². The summed E-state index contributed by atoms with van der Waals surface area (Å²) in [5.41, 5.74) is 1.27. The lowest BCUT2D eigenvalue weighted by molar-refractivity contribution is 0.0692. The summed E-state index contributed by atoms with van der Waals surface area (Å²) in [4.78, 5) is 14.4. The van der Waals surface area contributed by atoms with Crippen LogP contribution < -0.4 is 9.47 Å². The normalized spacial score (nSPS) is 15.4. The van der Waals surface area contributed by atoms with Crippen molar-refractivity contribution in [3.63, 3.8) is 0 Å². The van der Waals surface area contributed by atoms with E-state index in [0.717, 1.165) is 12.1 Å². The Labute approximate surface area is 177 Å². The SMILES string of the molecule is COc1ccc(OC)c(S(=O)(=O)N2CCN(C(=O)c3cc(CC(C)C)[nH]n3)CC2)c1. The van der Waals surface area contributed by atoms with Crippen molar-refractivity contribution >= 4 is 15.9 Å². The Morgan fingerprint density at radius 2 is 1.83 bits per heavy atom. The molecule has 0 saturated carbocycles. The van der Waals surface area contributed by atoms with Gasteiger partial charge in [-0.2, -0.15) is 9.40 Å².